The van der Waals surface area contributed by atoms with Crippen LogP contribution in [0.5, 0.6) is 0 Å². The van der Waals surface area contributed by atoms with E-state index in [9.17, 15) is 14.3 Å². The quantitative estimate of drug-likeness (QED) is 0.0214. The lowest BCUT2D eigenvalue weighted by Crippen LogP contribution is -2.37. The highest BCUT2D eigenvalue weighted by molar-refractivity contribution is 7.47. The second-order valence-electron chi connectivity index (χ2n) is 18.9. The highest BCUT2D eigenvalue weighted by Gasteiger charge is 2.26. The number of unbranched alkanes of at least 4 members (excludes halogenated alkanes) is 29. The van der Waals surface area contributed by atoms with Gasteiger partial charge < -0.3 is 18.9 Å². The molecule has 0 bridgehead atoms. The number of quaternary nitrogens is 1. The predicted octanol–water partition coefficient (Wildman–Crippen LogP) is 16.1. The highest BCUT2D eigenvalue weighted by atomic mass is 31.2. The molecule has 0 amide bonds. The second-order valence-corrected chi connectivity index (χ2v) is 20.4. The van der Waals surface area contributed by atoms with E-state index in [-0.39, 0.29) is 25.8 Å². The van der Waals surface area contributed by atoms with Crippen molar-refractivity contribution in [2.75, 3.05) is 54.1 Å². The van der Waals surface area contributed by atoms with Gasteiger partial charge in [0.2, 0.25) is 0 Å². The Morgan fingerprint density at radius 1 is 0.500 bits per heavy atom. The Morgan fingerprint density at radius 3 is 1.32 bits per heavy atom. The largest absolute Gasteiger partial charge is 0.472 e. The number of carbonyl (C=O) groups is 1. The molecule has 2 unspecified atom stereocenters. The first-order valence-corrected chi connectivity index (χ1v) is 27.7. The molecule has 0 aliphatic heterocycles. The summed E-state index contributed by atoms with van der Waals surface area (Å²) in [7, 11) is 1.67. The molecule has 0 spiro atoms. The first-order chi connectivity index (χ1) is 30.1. The topological polar surface area (TPSA) is 91.3 Å². The fraction of sp³-hybridized carbons (Fsp3) is 0.868. The SMILES string of the molecule is CCCCCCC/C=C\C/C=C\C/C=C\CCCCCCCCC(=O)OC(COCCCCCCCCCCCCCCCCCCCCC)COP(=O)(O)OCC[N+](C)(C)C. The van der Waals surface area contributed by atoms with E-state index in [1.54, 1.807) is 0 Å². The van der Waals surface area contributed by atoms with E-state index >= 15 is 0 Å². The van der Waals surface area contributed by atoms with Crippen LogP contribution in [0.4, 0.5) is 0 Å². The van der Waals surface area contributed by atoms with Crippen LogP contribution >= 0.6 is 7.82 Å². The summed E-state index contributed by atoms with van der Waals surface area (Å²) in [5.41, 5.74) is 0. The van der Waals surface area contributed by atoms with Gasteiger partial charge in [0.05, 0.1) is 34.4 Å². The van der Waals surface area contributed by atoms with Crippen LogP contribution in [0.2, 0.25) is 0 Å². The molecular weight excluding hydrogens is 794 g/mol. The minimum absolute atomic E-state index is 0.0869. The average molecular weight is 897 g/mol. The van der Waals surface area contributed by atoms with E-state index in [0.717, 1.165) is 57.8 Å². The molecule has 62 heavy (non-hydrogen) atoms. The molecule has 2 atom stereocenters. The first kappa shape index (κ1) is 60.7. The molecular formula is C53H103NO7P+. The van der Waals surface area contributed by atoms with Crippen molar-refractivity contribution in [2.24, 2.45) is 0 Å². The van der Waals surface area contributed by atoms with Crippen molar-refractivity contribution < 1.29 is 37.3 Å². The minimum atomic E-state index is -4.28. The van der Waals surface area contributed by atoms with Crippen molar-refractivity contribution in [2.45, 2.75) is 245 Å². The fourth-order valence-corrected chi connectivity index (χ4v) is 8.13. The minimum Gasteiger partial charge on any atom is -0.457 e. The Kier molecular flexibility index (Phi) is 45.3. The van der Waals surface area contributed by atoms with E-state index in [0.29, 0.717) is 24.1 Å². The summed E-state index contributed by atoms with van der Waals surface area (Å²) in [6, 6.07) is 0. The molecule has 0 aromatic rings. The van der Waals surface area contributed by atoms with E-state index in [1.165, 1.54) is 161 Å². The normalized spacial score (nSPS) is 13.8. The molecule has 0 aromatic heterocycles. The summed E-state index contributed by atoms with van der Waals surface area (Å²) >= 11 is 0. The van der Waals surface area contributed by atoms with Gasteiger partial charge in [0.25, 0.3) is 0 Å². The Labute approximate surface area is 385 Å². The maximum atomic E-state index is 12.8. The van der Waals surface area contributed by atoms with Gasteiger partial charge in [0.1, 0.15) is 19.3 Å². The van der Waals surface area contributed by atoms with Crippen molar-refractivity contribution in [3.05, 3.63) is 36.5 Å². The summed E-state index contributed by atoms with van der Waals surface area (Å²) < 4.78 is 35.2. The summed E-state index contributed by atoms with van der Waals surface area (Å²) in [6.45, 7) is 5.64. The number of hydrogen-bond donors (Lipinski definition) is 1. The molecule has 0 aromatic carbocycles. The van der Waals surface area contributed by atoms with Crippen molar-refractivity contribution in [3.8, 4) is 0 Å². The molecule has 0 aliphatic rings. The smallest absolute Gasteiger partial charge is 0.457 e. The third-order valence-electron chi connectivity index (χ3n) is 11.5. The van der Waals surface area contributed by atoms with Crippen molar-refractivity contribution >= 4 is 13.8 Å². The molecule has 0 heterocycles. The van der Waals surface area contributed by atoms with Crippen molar-refractivity contribution in [1.29, 1.82) is 0 Å². The molecule has 0 aliphatic carbocycles. The predicted molar refractivity (Wildman–Crippen MR) is 266 cm³/mol. The van der Waals surface area contributed by atoms with Gasteiger partial charge in [-0.2, -0.15) is 0 Å². The van der Waals surface area contributed by atoms with Gasteiger partial charge >= 0.3 is 13.8 Å². The van der Waals surface area contributed by atoms with Gasteiger partial charge in [-0.15, -0.1) is 0 Å². The number of nitrogens with zero attached hydrogens (tertiary/aromatic N) is 1. The number of esters is 1. The van der Waals surface area contributed by atoms with E-state index in [4.69, 9.17) is 18.5 Å². The molecule has 8 nitrogen and oxygen atoms in total. The second kappa shape index (κ2) is 46.3. The van der Waals surface area contributed by atoms with Gasteiger partial charge in [-0.3, -0.25) is 13.8 Å². The third-order valence-corrected chi connectivity index (χ3v) is 12.4. The standard InChI is InChI=1S/C53H102NO7P/c1-6-8-10-12-14-16-18-20-22-24-26-27-28-30-32-34-36-38-40-42-44-46-53(55)61-52(51-60-62(56,57)59-49-47-54(3,4)5)50-58-48-45-43-41-39-37-35-33-31-29-25-23-21-19-17-15-13-11-9-7-2/h18,20,24,26,28,30,52H,6-17,19,21-23,25,27,29,31-51H2,1-5H3/p+1/b20-18-,26-24-,30-28-. The van der Waals surface area contributed by atoms with Crippen molar-refractivity contribution in [1.82, 2.24) is 0 Å². The number of rotatable bonds is 49. The summed E-state index contributed by atoms with van der Waals surface area (Å²) in [5.74, 6) is -0.322. The number of ether oxygens (including phenoxy) is 2. The highest BCUT2D eigenvalue weighted by Crippen LogP contribution is 2.43. The molecule has 366 valence electrons. The zero-order valence-electron chi connectivity index (χ0n) is 41.6. The monoisotopic (exact) mass is 897 g/mol. The number of phosphoric ester groups is 1. The van der Waals surface area contributed by atoms with Crippen LogP contribution in [0.1, 0.15) is 239 Å². The van der Waals surface area contributed by atoms with Gasteiger partial charge in [0, 0.05) is 13.0 Å². The number of carbonyl (C=O) groups excluding carboxylic acids is 1. The van der Waals surface area contributed by atoms with E-state index in [1.807, 2.05) is 21.1 Å². The lowest BCUT2D eigenvalue weighted by Gasteiger charge is -2.24. The number of phosphoric acid groups is 1. The molecule has 0 radical (unpaired) electrons. The van der Waals surface area contributed by atoms with Crippen LogP contribution in [0.15, 0.2) is 36.5 Å². The molecule has 9 heteroatoms. The lowest BCUT2D eigenvalue weighted by atomic mass is 10.0. The maximum absolute atomic E-state index is 12.8. The fourth-order valence-electron chi connectivity index (χ4n) is 7.39. The Hall–Kier alpha value is -1.28. The zero-order valence-corrected chi connectivity index (χ0v) is 42.5. The van der Waals surface area contributed by atoms with Crippen LogP contribution in [-0.4, -0.2) is 75.6 Å². The van der Waals surface area contributed by atoms with Crippen LogP contribution in [-0.2, 0) is 27.9 Å². The Bertz CT molecular complexity index is 1090. The van der Waals surface area contributed by atoms with Crippen LogP contribution in [0.3, 0.4) is 0 Å². The van der Waals surface area contributed by atoms with E-state index < -0.39 is 13.9 Å². The molecule has 0 saturated carbocycles. The molecule has 0 rings (SSSR count). The molecule has 1 N–H and O–H groups in total. The maximum Gasteiger partial charge on any atom is 0.472 e. The Balaban J connectivity index is 4.15. The zero-order chi connectivity index (χ0) is 45.5. The van der Waals surface area contributed by atoms with Gasteiger partial charge in [-0.1, -0.05) is 217 Å². The Morgan fingerprint density at radius 2 is 0.887 bits per heavy atom. The summed E-state index contributed by atoms with van der Waals surface area (Å²) in [4.78, 5) is 23.0. The van der Waals surface area contributed by atoms with Gasteiger partial charge in [0.15, 0.2) is 0 Å². The van der Waals surface area contributed by atoms with Gasteiger partial charge in [-0.05, 0) is 51.4 Å². The van der Waals surface area contributed by atoms with Crippen LogP contribution in [0, 0.1) is 0 Å². The summed E-state index contributed by atoms with van der Waals surface area (Å²) in [6.07, 6.45) is 56.1. The van der Waals surface area contributed by atoms with Crippen LogP contribution in [0.25, 0.3) is 0 Å². The van der Waals surface area contributed by atoms with Crippen molar-refractivity contribution in [3.63, 3.8) is 0 Å². The lowest BCUT2D eigenvalue weighted by molar-refractivity contribution is -0.870. The molecule has 0 saturated heterocycles. The van der Waals surface area contributed by atoms with E-state index in [2.05, 4.69) is 50.3 Å². The first-order valence-electron chi connectivity index (χ1n) is 26.2. The van der Waals surface area contributed by atoms with Gasteiger partial charge in [-0.25, -0.2) is 4.57 Å². The molecule has 0 fully saturated rings. The number of hydrogen-bond acceptors (Lipinski definition) is 6. The summed E-state index contributed by atoms with van der Waals surface area (Å²) in [5, 5.41) is 0. The number of likely N-dealkylation sites (N-methyl/N-ethyl adjacent to an activating group) is 1. The average Bonchev–Trinajstić information content (AvgIpc) is 3.23. The third kappa shape index (κ3) is 49.7. The number of allylic oxidation sites excluding steroid dienone is 6. The van der Waals surface area contributed by atoms with Crippen LogP contribution < -0.4 is 0 Å².